The first kappa shape index (κ1) is 16.2. The Hall–Kier alpha value is -1.14. The van der Waals surface area contributed by atoms with E-state index in [1.807, 2.05) is 0 Å². The molecule has 1 aliphatic rings. The Kier molecular flexibility index (Phi) is 4.58. The van der Waals surface area contributed by atoms with Crippen LogP contribution < -0.4 is 10.5 Å². The van der Waals surface area contributed by atoms with Crippen molar-refractivity contribution in [3.8, 4) is 0 Å². The number of aryl methyl sites for hydroxylation is 1. The van der Waals surface area contributed by atoms with Gasteiger partial charge in [0.15, 0.2) is 0 Å². The molecule has 3 N–H and O–H groups in total. The predicted octanol–water partition coefficient (Wildman–Crippen LogP) is 2.82. The molecule has 1 saturated carbocycles. The van der Waals surface area contributed by atoms with E-state index >= 15 is 0 Å². The molecule has 6 heteroatoms. The molecule has 1 fully saturated rings. The number of hydrogen-bond donors (Lipinski definition) is 2. The molecule has 0 aromatic heterocycles. The van der Waals surface area contributed by atoms with Gasteiger partial charge in [-0.15, -0.1) is 0 Å². The first-order valence-corrected chi connectivity index (χ1v) is 8.82. The van der Waals surface area contributed by atoms with Gasteiger partial charge in [-0.25, -0.2) is 17.5 Å². The minimum Gasteiger partial charge on any atom is -0.396 e. The number of nitrogens with two attached hydrogens (primary N) is 1. The number of rotatable bonds is 4. The lowest BCUT2D eigenvalue weighted by atomic mass is 9.94. The van der Waals surface area contributed by atoms with Crippen LogP contribution in [0.2, 0.25) is 0 Å². The van der Waals surface area contributed by atoms with Gasteiger partial charge in [-0.05, 0) is 49.3 Å². The molecule has 0 bridgehead atoms. The van der Waals surface area contributed by atoms with Crippen molar-refractivity contribution in [1.29, 1.82) is 0 Å². The summed E-state index contributed by atoms with van der Waals surface area (Å²) in [6.45, 7) is 5.78. The third kappa shape index (κ3) is 3.21. The standard InChI is InChI=1S/C15H23FN2O2S/c1-4-11-5-6-14(10(11)3)18-21(19,20)15-8-13(17)12(16)7-9(15)2/h7-8,10-11,14,18H,4-6,17H2,1-3H3. The van der Waals surface area contributed by atoms with E-state index in [-0.39, 0.29) is 16.6 Å². The number of halogens is 1. The van der Waals surface area contributed by atoms with Gasteiger partial charge in [0.1, 0.15) is 5.82 Å². The highest BCUT2D eigenvalue weighted by Crippen LogP contribution is 2.35. The van der Waals surface area contributed by atoms with Crippen LogP contribution in [0, 0.1) is 24.6 Å². The van der Waals surface area contributed by atoms with Crippen LogP contribution in [-0.4, -0.2) is 14.5 Å². The number of nitrogen functional groups attached to an aromatic ring is 1. The Bertz CT molecular complexity index is 631. The van der Waals surface area contributed by atoms with Gasteiger partial charge in [-0.1, -0.05) is 20.3 Å². The van der Waals surface area contributed by atoms with Crippen LogP contribution in [0.15, 0.2) is 17.0 Å². The molecule has 0 radical (unpaired) electrons. The van der Waals surface area contributed by atoms with Crippen molar-refractivity contribution in [3.05, 3.63) is 23.5 Å². The van der Waals surface area contributed by atoms with Crippen LogP contribution in [-0.2, 0) is 10.0 Å². The van der Waals surface area contributed by atoms with Crippen molar-refractivity contribution in [3.63, 3.8) is 0 Å². The van der Waals surface area contributed by atoms with E-state index in [1.165, 1.54) is 6.07 Å². The molecule has 0 aliphatic heterocycles. The summed E-state index contributed by atoms with van der Waals surface area (Å²) in [5, 5.41) is 0. The zero-order valence-corrected chi connectivity index (χ0v) is 13.5. The number of hydrogen-bond acceptors (Lipinski definition) is 3. The second-order valence-corrected chi connectivity index (χ2v) is 7.65. The molecule has 2 rings (SSSR count). The lowest BCUT2D eigenvalue weighted by Gasteiger charge is -2.21. The Morgan fingerprint density at radius 1 is 1.38 bits per heavy atom. The SMILES string of the molecule is CCC1CCC(NS(=O)(=O)c2cc(N)c(F)cc2C)C1C. The van der Waals surface area contributed by atoms with Crippen molar-refractivity contribution in [2.75, 3.05) is 5.73 Å². The average molecular weight is 314 g/mol. The zero-order chi connectivity index (χ0) is 15.8. The Morgan fingerprint density at radius 2 is 2.05 bits per heavy atom. The summed E-state index contributed by atoms with van der Waals surface area (Å²) in [5.41, 5.74) is 5.72. The molecule has 1 aromatic carbocycles. The lowest BCUT2D eigenvalue weighted by molar-refractivity contribution is 0.368. The van der Waals surface area contributed by atoms with Gasteiger partial charge < -0.3 is 5.73 Å². The Balaban J connectivity index is 2.26. The number of benzene rings is 1. The van der Waals surface area contributed by atoms with Gasteiger partial charge >= 0.3 is 0 Å². The predicted molar refractivity (Wildman–Crippen MR) is 81.8 cm³/mol. The van der Waals surface area contributed by atoms with E-state index < -0.39 is 15.8 Å². The molecule has 21 heavy (non-hydrogen) atoms. The summed E-state index contributed by atoms with van der Waals surface area (Å²) in [6, 6.07) is 2.30. The fraction of sp³-hybridized carbons (Fsp3) is 0.600. The molecule has 3 atom stereocenters. The lowest BCUT2D eigenvalue weighted by Crippen LogP contribution is -2.37. The maximum Gasteiger partial charge on any atom is 0.241 e. The highest BCUT2D eigenvalue weighted by molar-refractivity contribution is 7.89. The van der Waals surface area contributed by atoms with E-state index in [1.54, 1.807) is 6.92 Å². The largest absolute Gasteiger partial charge is 0.396 e. The van der Waals surface area contributed by atoms with Gasteiger partial charge in [0.2, 0.25) is 10.0 Å². The van der Waals surface area contributed by atoms with Crippen molar-refractivity contribution < 1.29 is 12.8 Å². The van der Waals surface area contributed by atoms with Crippen LogP contribution in [0.25, 0.3) is 0 Å². The van der Waals surface area contributed by atoms with Crippen LogP contribution >= 0.6 is 0 Å². The smallest absolute Gasteiger partial charge is 0.241 e. The van der Waals surface area contributed by atoms with Crippen LogP contribution in [0.5, 0.6) is 0 Å². The van der Waals surface area contributed by atoms with Gasteiger partial charge in [0.05, 0.1) is 10.6 Å². The second kappa shape index (κ2) is 5.93. The summed E-state index contributed by atoms with van der Waals surface area (Å²) >= 11 is 0. The third-order valence-electron chi connectivity index (χ3n) is 4.64. The van der Waals surface area contributed by atoms with Gasteiger partial charge in [0.25, 0.3) is 0 Å². The van der Waals surface area contributed by atoms with E-state index in [0.29, 0.717) is 17.4 Å². The quantitative estimate of drug-likeness (QED) is 0.839. The van der Waals surface area contributed by atoms with Crippen LogP contribution in [0.4, 0.5) is 10.1 Å². The molecule has 0 amide bonds. The van der Waals surface area contributed by atoms with E-state index in [4.69, 9.17) is 5.73 Å². The number of nitrogens with one attached hydrogen (secondary N) is 1. The molecule has 3 unspecified atom stereocenters. The highest BCUT2D eigenvalue weighted by atomic mass is 32.2. The molecule has 118 valence electrons. The average Bonchev–Trinajstić information content (AvgIpc) is 2.74. The molecular formula is C15H23FN2O2S. The van der Waals surface area contributed by atoms with Crippen molar-refractivity contribution in [2.24, 2.45) is 11.8 Å². The number of sulfonamides is 1. The highest BCUT2D eigenvalue weighted by Gasteiger charge is 2.34. The van der Waals surface area contributed by atoms with Gasteiger partial charge in [0, 0.05) is 6.04 Å². The summed E-state index contributed by atoms with van der Waals surface area (Å²) in [4.78, 5) is 0.0635. The van der Waals surface area contributed by atoms with E-state index in [9.17, 15) is 12.8 Å². The Labute approximate surface area is 126 Å². The van der Waals surface area contributed by atoms with Crippen LogP contribution in [0.3, 0.4) is 0 Å². The topological polar surface area (TPSA) is 72.2 Å². The maximum atomic E-state index is 13.4. The molecule has 0 saturated heterocycles. The number of anilines is 1. The van der Waals surface area contributed by atoms with Crippen molar-refractivity contribution in [1.82, 2.24) is 4.72 Å². The first-order valence-electron chi connectivity index (χ1n) is 7.34. The minimum absolute atomic E-state index is 0.0635. The summed E-state index contributed by atoms with van der Waals surface area (Å²) < 4.78 is 41.2. The van der Waals surface area contributed by atoms with E-state index in [0.717, 1.165) is 25.3 Å². The Morgan fingerprint density at radius 3 is 2.62 bits per heavy atom. The monoisotopic (exact) mass is 314 g/mol. The van der Waals surface area contributed by atoms with E-state index in [2.05, 4.69) is 18.6 Å². The fourth-order valence-corrected chi connectivity index (χ4v) is 4.83. The maximum absolute atomic E-state index is 13.4. The van der Waals surface area contributed by atoms with Gasteiger partial charge in [-0.2, -0.15) is 0 Å². The molecule has 0 spiro atoms. The van der Waals surface area contributed by atoms with Crippen molar-refractivity contribution >= 4 is 15.7 Å². The first-order chi connectivity index (χ1) is 9.76. The molecular weight excluding hydrogens is 291 g/mol. The second-order valence-electron chi connectivity index (χ2n) is 5.97. The summed E-state index contributed by atoms with van der Waals surface area (Å²) in [6.07, 6.45) is 2.94. The van der Waals surface area contributed by atoms with Gasteiger partial charge in [-0.3, -0.25) is 0 Å². The zero-order valence-electron chi connectivity index (χ0n) is 12.7. The molecule has 4 nitrogen and oxygen atoms in total. The minimum atomic E-state index is -3.67. The van der Waals surface area contributed by atoms with Crippen molar-refractivity contribution in [2.45, 2.75) is 51.0 Å². The fourth-order valence-electron chi connectivity index (χ4n) is 3.21. The van der Waals surface area contributed by atoms with Crippen LogP contribution in [0.1, 0.15) is 38.7 Å². The summed E-state index contributed by atoms with van der Waals surface area (Å²) in [5.74, 6) is 0.270. The molecule has 1 aliphatic carbocycles. The molecule has 1 aromatic rings. The third-order valence-corrected chi connectivity index (χ3v) is 6.27. The molecule has 0 heterocycles. The summed E-state index contributed by atoms with van der Waals surface area (Å²) in [7, 11) is -3.67. The normalized spacial score (nSPS) is 26.2.